The van der Waals surface area contributed by atoms with Crippen molar-refractivity contribution in [1.29, 1.82) is 0 Å². The highest BCUT2D eigenvalue weighted by molar-refractivity contribution is 5.99. The summed E-state index contributed by atoms with van der Waals surface area (Å²) in [6.07, 6.45) is 3.30. The average molecular weight is 436 g/mol. The molecule has 0 saturated heterocycles. The second-order valence-corrected chi connectivity index (χ2v) is 7.35. The van der Waals surface area contributed by atoms with E-state index >= 15 is 0 Å². The fourth-order valence-corrected chi connectivity index (χ4v) is 3.32. The number of amides is 2. The van der Waals surface area contributed by atoms with Crippen LogP contribution in [0.25, 0.3) is 11.4 Å². The minimum absolute atomic E-state index is 0.00900. The first-order valence-electron chi connectivity index (χ1n) is 10.4. The van der Waals surface area contributed by atoms with E-state index < -0.39 is 0 Å². The van der Waals surface area contributed by atoms with Gasteiger partial charge in [-0.15, -0.1) is 0 Å². The molecule has 9 heteroatoms. The molecule has 0 spiro atoms. The predicted octanol–water partition coefficient (Wildman–Crippen LogP) is 3.22. The molecule has 0 aliphatic carbocycles. The van der Waals surface area contributed by atoms with E-state index in [4.69, 9.17) is 14.0 Å². The SMILES string of the molecule is COc1ccc(-c2noc(CCCCCNC(=O)c3ccc4c(c3)NC(=O)CO4)n2)cc1. The van der Waals surface area contributed by atoms with Gasteiger partial charge >= 0.3 is 0 Å². The monoisotopic (exact) mass is 436 g/mol. The summed E-state index contributed by atoms with van der Waals surface area (Å²) >= 11 is 0. The zero-order valence-electron chi connectivity index (χ0n) is 17.7. The lowest BCUT2D eigenvalue weighted by Crippen LogP contribution is -2.27. The standard InChI is InChI=1S/C23H24N4O5/c1-30-17-9-6-15(7-10-17)22-26-21(32-27-22)5-3-2-4-12-24-23(29)16-8-11-19-18(13-16)25-20(28)14-31-19/h6-11,13H,2-5,12,14H2,1H3,(H,24,29)(H,25,28). The quantitative estimate of drug-likeness (QED) is 0.495. The minimum Gasteiger partial charge on any atom is -0.497 e. The summed E-state index contributed by atoms with van der Waals surface area (Å²) in [6, 6.07) is 12.5. The molecule has 1 aliphatic rings. The largest absolute Gasteiger partial charge is 0.497 e. The highest BCUT2D eigenvalue weighted by atomic mass is 16.5. The van der Waals surface area contributed by atoms with Gasteiger partial charge in [0.05, 0.1) is 12.8 Å². The average Bonchev–Trinajstić information content (AvgIpc) is 3.29. The van der Waals surface area contributed by atoms with E-state index in [1.165, 1.54) is 0 Å². The van der Waals surface area contributed by atoms with Crippen LogP contribution in [0.2, 0.25) is 0 Å². The third kappa shape index (κ3) is 5.23. The van der Waals surface area contributed by atoms with Gasteiger partial charge in [-0.25, -0.2) is 0 Å². The van der Waals surface area contributed by atoms with Crippen molar-refractivity contribution in [3.05, 3.63) is 53.9 Å². The van der Waals surface area contributed by atoms with Gasteiger partial charge < -0.3 is 24.6 Å². The lowest BCUT2D eigenvalue weighted by molar-refractivity contribution is -0.118. The molecule has 3 aromatic rings. The summed E-state index contributed by atoms with van der Waals surface area (Å²) in [6.45, 7) is 0.546. The second kappa shape index (κ2) is 9.95. The summed E-state index contributed by atoms with van der Waals surface area (Å²) in [7, 11) is 1.62. The first kappa shape index (κ1) is 21.4. The normalized spacial score (nSPS) is 12.5. The van der Waals surface area contributed by atoms with E-state index in [0.29, 0.717) is 41.7 Å². The fourth-order valence-electron chi connectivity index (χ4n) is 3.32. The molecule has 32 heavy (non-hydrogen) atoms. The number of carbonyl (C=O) groups is 2. The number of nitrogens with one attached hydrogen (secondary N) is 2. The maximum Gasteiger partial charge on any atom is 0.262 e. The van der Waals surface area contributed by atoms with Gasteiger partial charge in [0.15, 0.2) is 6.61 Å². The number of anilines is 1. The number of benzene rings is 2. The highest BCUT2D eigenvalue weighted by Gasteiger charge is 2.17. The number of aryl methyl sites for hydroxylation is 1. The number of nitrogens with zero attached hydrogens (tertiary/aromatic N) is 2. The van der Waals surface area contributed by atoms with Gasteiger partial charge in [-0.3, -0.25) is 9.59 Å². The summed E-state index contributed by atoms with van der Waals surface area (Å²) < 4.78 is 15.8. The van der Waals surface area contributed by atoms with Crippen molar-refractivity contribution < 1.29 is 23.6 Å². The predicted molar refractivity (Wildman–Crippen MR) is 117 cm³/mol. The zero-order chi connectivity index (χ0) is 22.3. The third-order valence-electron chi connectivity index (χ3n) is 5.04. The molecule has 4 rings (SSSR count). The molecule has 1 aromatic heterocycles. The van der Waals surface area contributed by atoms with Crippen molar-refractivity contribution in [2.24, 2.45) is 0 Å². The Kier molecular flexibility index (Phi) is 6.64. The molecule has 0 unspecified atom stereocenters. The minimum atomic E-state index is -0.229. The number of carbonyl (C=O) groups excluding carboxylic acids is 2. The first-order valence-corrected chi connectivity index (χ1v) is 10.4. The summed E-state index contributed by atoms with van der Waals surface area (Å²) in [5, 5.41) is 9.63. The number of methoxy groups -OCH3 is 1. The molecule has 2 amide bonds. The van der Waals surface area contributed by atoms with Gasteiger partial charge in [-0.1, -0.05) is 11.6 Å². The molecule has 0 saturated carbocycles. The van der Waals surface area contributed by atoms with Crippen molar-refractivity contribution in [1.82, 2.24) is 15.5 Å². The molecule has 0 atom stereocenters. The van der Waals surface area contributed by atoms with E-state index in [1.54, 1.807) is 25.3 Å². The van der Waals surface area contributed by atoms with E-state index in [0.717, 1.165) is 30.6 Å². The van der Waals surface area contributed by atoms with Crippen LogP contribution in [0, 0.1) is 0 Å². The third-order valence-corrected chi connectivity index (χ3v) is 5.04. The second-order valence-electron chi connectivity index (χ2n) is 7.35. The summed E-state index contributed by atoms with van der Waals surface area (Å²) in [4.78, 5) is 28.2. The summed E-state index contributed by atoms with van der Waals surface area (Å²) in [5.41, 5.74) is 1.87. The zero-order valence-corrected chi connectivity index (χ0v) is 17.7. The van der Waals surface area contributed by atoms with Crippen LogP contribution in [0.4, 0.5) is 5.69 Å². The Morgan fingerprint density at radius 3 is 2.81 bits per heavy atom. The first-order chi connectivity index (χ1) is 15.6. The van der Waals surface area contributed by atoms with Crippen LogP contribution in [0.3, 0.4) is 0 Å². The van der Waals surface area contributed by atoms with Crippen LogP contribution < -0.4 is 20.1 Å². The highest BCUT2D eigenvalue weighted by Crippen LogP contribution is 2.28. The molecule has 2 aromatic carbocycles. The lowest BCUT2D eigenvalue weighted by atomic mass is 10.1. The number of aromatic nitrogens is 2. The van der Waals surface area contributed by atoms with Gasteiger partial charge in [0.2, 0.25) is 11.7 Å². The Morgan fingerprint density at radius 2 is 2.00 bits per heavy atom. The van der Waals surface area contributed by atoms with Crippen molar-refractivity contribution in [3.8, 4) is 22.9 Å². The molecule has 0 fully saturated rings. The number of hydrogen-bond donors (Lipinski definition) is 2. The van der Waals surface area contributed by atoms with Gasteiger partial charge in [-0.05, 0) is 55.3 Å². The van der Waals surface area contributed by atoms with Crippen LogP contribution in [0.1, 0.15) is 35.5 Å². The lowest BCUT2D eigenvalue weighted by Gasteiger charge is -2.18. The smallest absolute Gasteiger partial charge is 0.262 e. The van der Waals surface area contributed by atoms with Crippen LogP contribution in [0.15, 0.2) is 47.0 Å². The van der Waals surface area contributed by atoms with Gasteiger partial charge in [0, 0.05) is 24.1 Å². The Morgan fingerprint density at radius 1 is 1.16 bits per heavy atom. The van der Waals surface area contributed by atoms with Crippen molar-refractivity contribution >= 4 is 17.5 Å². The van der Waals surface area contributed by atoms with Crippen LogP contribution in [-0.2, 0) is 11.2 Å². The number of unbranched alkanes of at least 4 members (excludes halogenated alkanes) is 2. The fraction of sp³-hybridized carbons (Fsp3) is 0.304. The molecule has 166 valence electrons. The van der Waals surface area contributed by atoms with Crippen molar-refractivity contribution in [3.63, 3.8) is 0 Å². The van der Waals surface area contributed by atoms with Crippen LogP contribution in [0.5, 0.6) is 11.5 Å². The number of fused-ring (bicyclic) bond motifs is 1. The van der Waals surface area contributed by atoms with Crippen molar-refractivity contribution in [2.75, 3.05) is 25.6 Å². The topological polar surface area (TPSA) is 116 Å². The maximum absolute atomic E-state index is 12.3. The van der Waals surface area contributed by atoms with Crippen LogP contribution >= 0.6 is 0 Å². The van der Waals surface area contributed by atoms with Gasteiger partial charge in [0.25, 0.3) is 11.8 Å². The molecular formula is C23H24N4O5. The molecule has 1 aliphatic heterocycles. The number of hydrogen-bond acceptors (Lipinski definition) is 7. The molecule has 2 heterocycles. The number of ether oxygens (including phenoxy) is 2. The Hall–Kier alpha value is -3.88. The molecule has 2 N–H and O–H groups in total. The maximum atomic E-state index is 12.3. The van der Waals surface area contributed by atoms with Crippen LogP contribution in [-0.4, -0.2) is 42.2 Å². The Labute approximate surface area is 185 Å². The number of rotatable bonds is 9. The van der Waals surface area contributed by atoms with E-state index in [1.807, 2.05) is 24.3 Å². The molecule has 0 bridgehead atoms. The Balaban J connectivity index is 1.17. The van der Waals surface area contributed by atoms with Gasteiger partial charge in [0.1, 0.15) is 11.5 Å². The summed E-state index contributed by atoms with van der Waals surface area (Å²) in [5.74, 6) is 2.08. The van der Waals surface area contributed by atoms with Crippen molar-refractivity contribution in [2.45, 2.75) is 25.7 Å². The Bertz CT molecular complexity index is 1090. The molecule has 9 nitrogen and oxygen atoms in total. The van der Waals surface area contributed by atoms with E-state index in [-0.39, 0.29) is 18.4 Å². The molecular weight excluding hydrogens is 412 g/mol. The van der Waals surface area contributed by atoms with Gasteiger partial charge in [-0.2, -0.15) is 4.98 Å². The van der Waals surface area contributed by atoms with E-state index in [9.17, 15) is 9.59 Å². The van der Waals surface area contributed by atoms with E-state index in [2.05, 4.69) is 20.8 Å². The molecule has 0 radical (unpaired) electrons.